The number of rotatable bonds is 2. The Hall–Kier alpha value is -0.790. The Morgan fingerprint density at radius 3 is 2.79 bits per heavy atom. The molecule has 0 amide bonds. The van der Waals surface area contributed by atoms with E-state index in [0.29, 0.717) is 16.0 Å². The molecule has 0 fully saturated rings. The molecule has 0 saturated heterocycles. The lowest BCUT2D eigenvalue weighted by molar-refractivity contribution is 0.0995. The van der Waals surface area contributed by atoms with Gasteiger partial charge in [0.05, 0.1) is 16.5 Å². The third-order valence-electron chi connectivity index (χ3n) is 1.75. The van der Waals surface area contributed by atoms with Gasteiger partial charge in [-0.3, -0.25) is 4.79 Å². The molecule has 0 N–H and O–H groups in total. The molecule has 2 nitrogen and oxygen atoms in total. The number of halogens is 1. The molecule has 0 aliphatic heterocycles. The van der Waals surface area contributed by atoms with Crippen molar-refractivity contribution in [1.82, 2.24) is 0 Å². The Labute approximate surface area is 96.5 Å². The molecule has 1 aromatic carbocycles. The van der Waals surface area contributed by atoms with E-state index in [4.69, 9.17) is 5.26 Å². The van der Waals surface area contributed by atoms with Gasteiger partial charge in [-0.05, 0) is 25.1 Å². The maximum absolute atomic E-state index is 11.6. The second kappa shape index (κ2) is 4.63. The summed E-state index contributed by atoms with van der Waals surface area (Å²) in [6.07, 6.45) is 0. The lowest BCUT2D eigenvalue weighted by Crippen LogP contribution is -2.11. The second-order valence-electron chi connectivity index (χ2n) is 2.82. The number of Topliss-reactive ketones (excluding diaryl/α,β-unsaturated/α-hetero) is 1. The minimum Gasteiger partial charge on any atom is -0.293 e. The predicted octanol–water partition coefficient (Wildman–Crippen LogP) is 2.81. The summed E-state index contributed by atoms with van der Waals surface area (Å²) in [5.74, 6) is -0.0996. The Bertz CT molecular complexity index is 409. The molecule has 0 radical (unpaired) electrons. The van der Waals surface area contributed by atoms with E-state index in [2.05, 4.69) is 28.6 Å². The van der Waals surface area contributed by atoms with Crippen LogP contribution < -0.4 is 0 Å². The highest BCUT2D eigenvalue weighted by Gasteiger charge is 2.15. The number of benzene rings is 1. The molecular formula is C10H8BrNOS. The number of ketones is 1. The number of hydrogen-bond acceptors (Lipinski definition) is 3. The van der Waals surface area contributed by atoms with Crippen molar-refractivity contribution in [3.05, 3.63) is 29.3 Å². The van der Waals surface area contributed by atoms with Gasteiger partial charge < -0.3 is 0 Å². The summed E-state index contributed by atoms with van der Waals surface area (Å²) in [7, 11) is 0. The van der Waals surface area contributed by atoms with E-state index >= 15 is 0 Å². The lowest BCUT2D eigenvalue weighted by Gasteiger charge is -2.05. The van der Waals surface area contributed by atoms with Crippen LogP contribution in [0.3, 0.4) is 0 Å². The molecule has 0 spiro atoms. The van der Waals surface area contributed by atoms with Gasteiger partial charge in [-0.1, -0.05) is 15.9 Å². The molecule has 1 atom stereocenters. The SMILES string of the molecule is CC(Br)C(=O)c1cc(S)ccc1C#N. The summed E-state index contributed by atoms with van der Waals surface area (Å²) in [5.41, 5.74) is 0.809. The molecule has 1 rings (SSSR count). The van der Waals surface area contributed by atoms with Crippen LogP contribution in [-0.2, 0) is 0 Å². The van der Waals surface area contributed by atoms with Crippen LogP contribution in [0.4, 0.5) is 0 Å². The zero-order valence-electron chi connectivity index (χ0n) is 7.49. The summed E-state index contributed by atoms with van der Waals surface area (Å²) in [6, 6.07) is 6.89. The first-order valence-corrected chi connectivity index (χ1v) is 5.34. The van der Waals surface area contributed by atoms with Crippen LogP contribution in [0, 0.1) is 11.3 Å². The molecule has 0 bridgehead atoms. The molecule has 1 unspecified atom stereocenters. The Kier molecular flexibility index (Phi) is 3.73. The van der Waals surface area contributed by atoms with Crippen molar-refractivity contribution in [1.29, 1.82) is 5.26 Å². The van der Waals surface area contributed by atoms with Crippen LogP contribution in [-0.4, -0.2) is 10.6 Å². The minimum absolute atomic E-state index is 0.0996. The third kappa shape index (κ3) is 2.37. The normalized spacial score (nSPS) is 11.9. The van der Waals surface area contributed by atoms with Crippen molar-refractivity contribution < 1.29 is 4.79 Å². The van der Waals surface area contributed by atoms with Crippen molar-refractivity contribution in [3.8, 4) is 6.07 Å². The van der Waals surface area contributed by atoms with Crippen LogP contribution >= 0.6 is 28.6 Å². The molecule has 0 saturated carbocycles. The number of alkyl halides is 1. The topological polar surface area (TPSA) is 40.9 Å². The van der Waals surface area contributed by atoms with E-state index in [1.807, 2.05) is 6.07 Å². The predicted molar refractivity (Wildman–Crippen MR) is 61.1 cm³/mol. The fourth-order valence-corrected chi connectivity index (χ4v) is 1.50. The van der Waals surface area contributed by atoms with E-state index in [9.17, 15) is 4.79 Å². The zero-order chi connectivity index (χ0) is 10.7. The molecule has 4 heteroatoms. The number of nitriles is 1. The van der Waals surface area contributed by atoms with E-state index in [1.165, 1.54) is 0 Å². The van der Waals surface area contributed by atoms with Crippen molar-refractivity contribution >= 4 is 34.3 Å². The molecule has 0 aliphatic rings. The van der Waals surface area contributed by atoms with Crippen molar-refractivity contribution in [2.24, 2.45) is 0 Å². The molecule has 0 aromatic heterocycles. The Balaban J connectivity index is 3.26. The molecular weight excluding hydrogens is 262 g/mol. The van der Waals surface area contributed by atoms with Crippen LogP contribution in [0.25, 0.3) is 0 Å². The van der Waals surface area contributed by atoms with Crippen LogP contribution in [0.15, 0.2) is 23.1 Å². The van der Waals surface area contributed by atoms with Crippen LogP contribution in [0.5, 0.6) is 0 Å². The Morgan fingerprint density at radius 2 is 2.29 bits per heavy atom. The average molecular weight is 270 g/mol. The van der Waals surface area contributed by atoms with Crippen molar-refractivity contribution in [2.75, 3.05) is 0 Å². The zero-order valence-corrected chi connectivity index (χ0v) is 9.97. The number of carbonyl (C=O) groups excluding carboxylic acids is 1. The fourth-order valence-electron chi connectivity index (χ4n) is 1.05. The molecule has 0 heterocycles. The smallest absolute Gasteiger partial charge is 0.177 e. The van der Waals surface area contributed by atoms with Gasteiger partial charge in [0.25, 0.3) is 0 Å². The number of carbonyl (C=O) groups is 1. The fraction of sp³-hybridized carbons (Fsp3) is 0.200. The highest BCUT2D eigenvalue weighted by Crippen LogP contribution is 2.18. The summed E-state index contributed by atoms with van der Waals surface area (Å²) >= 11 is 7.31. The van der Waals surface area contributed by atoms with Gasteiger partial charge >= 0.3 is 0 Å². The summed E-state index contributed by atoms with van der Waals surface area (Å²) in [5, 5.41) is 8.80. The molecule has 1 aromatic rings. The highest BCUT2D eigenvalue weighted by molar-refractivity contribution is 9.10. The molecule has 14 heavy (non-hydrogen) atoms. The summed E-state index contributed by atoms with van der Waals surface area (Å²) in [4.78, 5) is 12.0. The van der Waals surface area contributed by atoms with Gasteiger partial charge in [-0.2, -0.15) is 5.26 Å². The van der Waals surface area contributed by atoms with E-state index < -0.39 is 0 Å². The van der Waals surface area contributed by atoms with Crippen molar-refractivity contribution in [2.45, 2.75) is 16.6 Å². The number of nitrogens with zero attached hydrogens (tertiary/aromatic N) is 1. The van der Waals surface area contributed by atoms with Crippen LogP contribution in [0.1, 0.15) is 22.8 Å². The van der Waals surface area contributed by atoms with Gasteiger partial charge in [-0.25, -0.2) is 0 Å². The third-order valence-corrected chi connectivity index (χ3v) is 2.44. The maximum atomic E-state index is 11.6. The first-order chi connectivity index (χ1) is 6.56. The number of thiol groups is 1. The minimum atomic E-state index is -0.287. The molecule has 0 aliphatic carbocycles. The lowest BCUT2D eigenvalue weighted by atomic mass is 10.0. The average Bonchev–Trinajstić information content (AvgIpc) is 2.16. The van der Waals surface area contributed by atoms with E-state index in [-0.39, 0.29) is 10.6 Å². The first-order valence-electron chi connectivity index (χ1n) is 3.97. The maximum Gasteiger partial charge on any atom is 0.177 e. The van der Waals surface area contributed by atoms with Gasteiger partial charge in [0, 0.05) is 10.5 Å². The van der Waals surface area contributed by atoms with Gasteiger partial charge in [-0.15, -0.1) is 12.6 Å². The van der Waals surface area contributed by atoms with Gasteiger partial charge in [0.15, 0.2) is 5.78 Å². The standard InChI is InChI=1S/C10H8BrNOS/c1-6(11)10(13)9-4-8(14)3-2-7(9)5-12/h2-4,6,14H,1H3. The Morgan fingerprint density at radius 1 is 1.64 bits per heavy atom. The first kappa shape index (κ1) is 11.3. The highest BCUT2D eigenvalue weighted by atomic mass is 79.9. The van der Waals surface area contributed by atoms with E-state index in [0.717, 1.165) is 0 Å². The molecule has 72 valence electrons. The monoisotopic (exact) mass is 269 g/mol. The number of hydrogen-bond donors (Lipinski definition) is 1. The van der Waals surface area contributed by atoms with Gasteiger partial charge in [0.1, 0.15) is 0 Å². The summed E-state index contributed by atoms with van der Waals surface area (Å²) in [6.45, 7) is 1.73. The van der Waals surface area contributed by atoms with Crippen molar-refractivity contribution in [3.63, 3.8) is 0 Å². The summed E-state index contributed by atoms with van der Waals surface area (Å²) < 4.78 is 0. The van der Waals surface area contributed by atoms with Gasteiger partial charge in [0.2, 0.25) is 0 Å². The van der Waals surface area contributed by atoms with Crippen LogP contribution in [0.2, 0.25) is 0 Å². The quantitative estimate of drug-likeness (QED) is 0.510. The second-order valence-corrected chi connectivity index (χ2v) is 4.71. The van der Waals surface area contributed by atoms with E-state index in [1.54, 1.807) is 25.1 Å². The largest absolute Gasteiger partial charge is 0.293 e.